The van der Waals surface area contributed by atoms with Crippen molar-refractivity contribution in [2.45, 2.75) is 37.8 Å². The number of hydrogen-bond acceptors (Lipinski definition) is 4. The Bertz CT molecular complexity index is 1090. The van der Waals surface area contributed by atoms with Crippen molar-refractivity contribution >= 4 is 6.08 Å². The highest BCUT2D eigenvalue weighted by Gasteiger charge is 2.49. The van der Waals surface area contributed by atoms with E-state index in [9.17, 15) is 5.26 Å². The molecule has 2 aromatic carbocycles. The number of benzene rings is 2. The zero-order valence-corrected chi connectivity index (χ0v) is 17.1. The molecule has 0 aliphatic carbocycles. The molecule has 0 aromatic heterocycles. The highest BCUT2D eigenvalue weighted by Crippen LogP contribution is 2.52. The Morgan fingerprint density at radius 1 is 1.07 bits per heavy atom. The summed E-state index contributed by atoms with van der Waals surface area (Å²) in [5, 5.41) is 9.96. The lowest BCUT2D eigenvalue weighted by molar-refractivity contribution is 0.187. The number of nitrogens with two attached hydrogens (primary N) is 1. The molecule has 2 unspecified atom stereocenters. The van der Waals surface area contributed by atoms with Crippen LogP contribution in [0.4, 0.5) is 0 Å². The van der Waals surface area contributed by atoms with Crippen LogP contribution in [0.15, 0.2) is 89.0 Å². The molecule has 2 aromatic rings. The average molecular weight is 396 g/mol. The predicted molar refractivity (Wildman–Crippen MR) is 118 cm³/mol. The first kappa shape index (κ1) is 18.7. The first-order valence-electron chi connectivity index (χ1n) is 10.6. The predicted octanol–water partition coefficient (Wildman–Crippen LogP) is 4.70. The van der Waals surface area contributed by atoms with E-state index in [1.807, 2.05) is 24.3 Å². The second kappa shape index (κ2) is 7.51. The number of rotatable bonds is 3. The second-order valence-corrected chi connectivity index (χ2v) is 8.07. The molecule has 1 saturated heterocycles. The molecule has 0 radical (unpaired) electrons. The third kappa shape index (κ3) is 2.86. The standard InChI is InChI=1S/C26H25N3O/c1-2-29-21-13-14-22(29)24-23(18-11-7-4-8-12-18)20(16-27)26(28)30-25(24)19(21)15-17-9-5-3-6-10-17/h3-12,15,21-23H,2,13-14,28H2,1H3/b19-15+/t21?,22?,23-/m0/s1. The number of nitrogens with zero attached hydrogens (tertiary/aromatic N) is 2. The number of fused-ring (bicyclic) bond motifs is 3. The van der Waals surface area contributed by atoms with Gasteiger partial charge in [-0.05, 0) is 36.6 Å². The van der Waals surface area contributed by atoms with Crippen molar-refractivity contribution < 1.29 is 4.74 Å². The third-order valence-corrected chi connectivity index (χ3v) is 6.57. The van der Waals surface area contributed by atoms with E-state index in [-0.39, 0.29) is 17.8 Å². The van der Waals surface area contributed by atoms with Crippen molar-refractivity contribution in [3.8, 4) is 6.07 Å². The van der Waals surface area contributed by atoms with Crippen molar-refractivity contribution in [2.24, 2.45) is 5.73 Å². The van der Waals surface area contributed by atoms with Crippen molar-refractivity contribution in [3.63, 3.8) is 0 Å². The molecular weight excluding hydrogens is 370 g/mol. The fraction of sp³-hybridized carbons (Fsp3) is 0.269. The summed E-state index contributed by atoms with van der Waals surface area (Å²) in [6, 6.07) is 23.5. The second-order valence-electron chi connectivity index (χ2n) is 8.07. The Morgan fingerprint density at radius 3 is 2.40 bits per heavy atom. The summed E-state index contributed by atoms with van der Waals surface area (Å²) >= 11 is 0. The summed E-state index contributed by atoms with van der Waals surface area (Å²) in [5.74, 6) is 0.937. The summed E-state index contributed by atoms with van der Waals surface area (Å²) in [6.45, 7) is 3.18. The zero-order valence-electron chi connectivity index (χ0n) is 17.1. The van der Waals surface area contributed by atoms with Gasteiger partial charge in [0.1, 0.15) is 17.4 Å². The van der Waals surface area contributed by atoms with Gasteiger partial charge in [-0.2, -0.15) is 5.26 Å². The van der Waals surface area contributed by atoms with Crippen molar-refractivity contribution in [3.05, 3.63) is 100 Å². The van der Waals surface area contributed by atoms with Gasteiger partial charge in [-0.25, -0.2) is 0 Å². The highest BCUT2D eigenvalue weighted by atomic mass is 16.5. The molecule has 1 fully saturated rings. The summed E-state index contributed by atoms with van der Waals surface area (Å²) in [7, 11) is 0. The molecular formula is C26H25N3O. The summed E-state index contributed by atoms with van der Waals surface area (Å²) < 4.78 is 6.22. The average Bonchev–Trinajstić information content (AvgIpc) is 3.14. The maximum Gasteiger partial charge on any atom is 0.205 e. The van der Waals surface area contributed by atoms with Crippen LogP contribution < -0.4 is 5.73 Å². The minimum atomic E-state index is -0.169. The number of ether oxygens (including phenoxy) is 1. The minimum Gasteiger partial charge on any atom is -0.440 e. The summed E-state index contributed by atoms with van der Waals surface area (Å²) in [4.78, 5) is 2.56. The van der Waals surface area contributed by atoms with E-state index < -0.39 is 0 Å². The molecule has 3 atom stereocenters. The van der Waals surface area contributed by atoms with Crippen LogP contribution in [-0.2, 0) is 4.74 Å². The van der Waals surface area contributed by atoms with Crippen molar-refractivity contribution in [1.29, 1.82) is 5.26 Å². The zero-order chi connectivity index (χ0) is 20.7. The smallest absolute Gasteiger partial charge is 0.205 e. The van der Waals surface area contributed by atoms with E-state index in [0.717, 1.165) is 36.3 Å². The van der Waals surface area contributed by atoms with Crippen molar-refractivity contribution in [2.75, 3.05) is 6.54 Å². The van der Waals surface area contributed by atoms with Crippen LogP contribution in [0.25, 0.3) is 6.08 Å². The SMILES string of the molecule is CCN1C2CCC1/C(=C\c1ccccc1)C1=C2[C@@H](c2ccccc2)C(C#N)=C(N)O1. The fourth-order valence-electron chi connectivity index (χ4n) is 5.35. The molecule has 3 heterocycles. The topological polar surface area (TPSA) is 62.3 Å². The lowest BCUT2D eigenvalue weighted by atomic mass is 9.77. The van der Waals surface area contributed by atoms with E-state index in [4.69, 9.17) is 10.5 Å². The largest absolute Gasteiger partial charge is 0.440 e. The normalized spacial score (nSPS) is 27.1. The summed E-state index contributed by atoms with van der Waals surface area (Å²) in [6.07, 6.45) is 4.38. The van der Waals surface area contributed by atoms with Gasteiger partial charge in [0.05, 0.1) is 5.92 Å². The van der Waals surface area contributed by atoms with Gasteiger partial charge in [0.2, 0.25) is 5.88 Å². The molecule has 3 aliphatic rings. The van der Waals surface area contributed by atoms with Gasteiger partial charge in [-0.3, -0.25) is 4.90 Å². The van der Waals surface area contributed by atoms with Gasteiger partial charge in [0.15, 0.2) is 0 Å². The van der Waals surface area contributed by atoms with Crippen LogP contribution in [-0.4, -0.2) is 23.5 Å². The molecule has 5 rings (SSSR count). The van der Waals surface area contributed by atoms with Crippen LogP contribution >= 0.6 is 0 Å². The molecule has 2 bridgehead atoms. The van der Waals surface area contributed by atoms with Gasteiger partial charge < -0.3 is 10.5 Å². The third-order valence-electron chi connectivity index (χ3n) is 6.57. The van der Waals surface area contributed by atoms with Gasteiger partial charge >= 0.3 is 0 Å². The minimum absolute atomic E-state index is 0.169. The first-order chi connectivity index (χ1) is 14.7. The maximum absolute atomic E-state index is 9.96. The molecule has 4 heteroatoms. The first-order valence-corrected chi connectivity index (χ1v) is 10.6. The van der Waals surface area contributed by atoms with E-state index >= 15 is 0 Å². The molecule has 4 nitrogen and oxygen atoms in total. The molecule has 3 aliphatic heterocycles. The molecule has 150 valence electrons. The van der Waals surface area contributed by atoms with Crippen molar-refractivity contribution in [1.82, 2.24) is 4.90 Å². The Kier molecular flexibility index (Phi) is 4.69. The Labute approximate surface area is 177 Å². The van der Waals surface area contributed by atoms with Gasteiger partial charge in [-0.15, -0.1) is 0 Å². The highest BCUT2D eigenvalue weighted by molar-refractivity contribution is 5.65. The number of hydrogen-bond donors (Lipinski definition) is 1. The molecule has 0 amide bonds. The van der Waals surface area contributed by atoms with Crippen LogP contribution in [0.2, 0.25) is 0 Å². The molecule has 30 heavy (non-hydrogen) atoms. The molecule has 0 spiro atoms. The van der Waals surface area contributed by atoms with E-state index in [1.165, 1.54) is 11.1 Å². The van der Waals surface area contributed by atoms with Crippen LogP contribution in [0, 0.1) is 11.3 Å². The van der Waals surface area contributed by atoms with Crippen LogP contribution in [0.1, 0.15) is 36.8 Å². The van der Waals surface area contributed by atoms with E-state index in [0.29, 0.717) is 11.6 Å². The van der Waals surface area contributed by atoms with Crippen LogP contribution in [0.3, 0.4) is 0 Å². The lowest BCUT2D eigenvalue weighted by Crippen LogP contribution is -2.45. The number of likely N-dealkylation sites (N-methyl/N-ethyl adjacent to an activating group) is 1. The van der Waals surface area contributed by atoms with Gasteiger partial charge in [0, 0.05) is 23.2 Å². The molecule has 2 N–H and O–H groups in total. The fourth-order valence-corrected chi connectivity index (χ4v) is 5.35. The summed E-state index contributed by atoms with van der Waals surface area (Å²) in [5.41, 5.74) is 11.4. The van der Waals surface area contributed by atoms with Crippen LogP contribution in [0.5, 0.6) is 0 Å². The van der Waals surface area contributed by atoms with E-state index in [2.05, 4.69) is 60.4 Å². The Hall–Kier alpha value is -3.29. The molecule has 0 saturated carbocycles. The van der Waals surface area contributed by atoms with E-state index in [1.54, 1.807) is 0 Å². The number of nitriles is 1. The maximum atomic E-state index is 9.96. The Morgan fingerprint density at radius 2 is 1.73 bits per heavy atom. The Balaban J connectivity index is 1.74. The van der Waals surface area contributed by atoms with Gasteiger partial charge in [0.25, 0.3) is 0 Å². The van der Waals surface area contributed by atoms with Gasteiger partial charge in [-0.1, -0.05) is 67.6 Å². The quantitative estimate of drug-likeness (QED) is 0.818. The monoisotopic (exact) mass is 395 g/mol. The number of allylic oxidation sites excluding steroid dienone is 1. The lowest BCUT2D eigenvalue weighted by Gasteiger charge is -2.43.